The van der Waals surface area contributed by atoms with Crippen LogP contribution < -0.4 is 5.32 Å². The number of nitrogens with one attached hydrogen (secondary N) is 1. The van der Waals surface area contributed by atoms with Crippen LogP contribution in [0.15, 0.2) is 41.2 Å². The zero-order chi connectivity index (χ0) is 18.6. The van der Waals surface area contributed by atoms with E-state index in [0.717, 1.165) is 37.1 Å². The van der Waals surface area contributed by atoms with Crippen molar-refractivity contribution < 1.29 is 9.63 Å². The van der Waals surface area contributed by atoms with Gasteiger partial charge in [0.05, 0.1) is 5.71 Å². The van der Waals surface area contributed by atoms with Gasteiger partial charge in [0.2, 0.25) is 0 Å². The first kappa shape index (κ1) is 20.2. The molecule has 0 aliphatic carbocycles. The fourth-order valence-corrected chi connectivity index (χ4v) is 3.03. The van der Waals surface area contributed by atoms with Crippen LogP contribution in [0.3, 0.4) is 0 Å². The minimum atomic E-state index is -0.365. The van der Waals surface area contributed by atoms with Crippen LogP contribution >= 0.6 is 0 Å². The Bertz CT molecular complexity index is 618. The van der Waals surface area contributed by atoms with E-state index in [4.69, 9.17) is 4.84 Å². The number of nitrogens with zero attached hydrogens (tertiary/aromatic N) is 1. The molecule has 2 rings (SSSR count). The lowest BCUT2D eigenvalue weighted by atomic mass is 10.0. The van der Waals surface area contributed by atoms with Crippen molar-refractivity contribution in [2.75, 3.05) is 5.32 Å². The second-order valence-corrected chi connectivity index (χ2v) is 6.94. The molecule has 142 valence electrons. The molecule has 1 aromatic carbocycles. The summed E-state index contributed by atoms with van der Waals surface area (Å²) in [6.07, 6.45) is 13.4. The number of hydrogen-bond acceptors (Lipinski definition) is 4. The zero-order valence-electron chi connectivity index (χ0n) is 16.2. The quantitative estimate of drug-likeness (QED) is 0.284. The Labute approximate surface area is 157 Å². The molecule has 1 aromatic rings. The highest BCUT2D eigenvalue weighted by Crippen LogP contribution is 2.18. The number of benzene rings is 1. The van der Waals surface area contributed by atoms with E-state index in [1.54, 1.807) is 6.20 Å². The van der Waals surface area contributed by atoms with Gasteiger partial charge in [0.25, 0.3) is 0 Å². The van der Waals surface area contributed by atoms with Crippen LogP contribution in [-0.4, -0.2) is 11.7 Å². The van der Waals surface area contributed by atoms with Gasteiger partial charge in [0.15, 0.2) is 0 Å². The van der Waals surface area contributed by atoms with E-state index in [2.05, 4.69) is 48.6 Å². The van der Waals surface area contributed by atoms with Crippen LogP contribution in [0.2, 0.25) is 0 Å². The highest BCUT2D eigenvalue weighted by Gasteiger charge is 2.24. The third-order valence-electron chi connectivity index (χ3n) is 4.69. The van der Waals surface area contributed by atoms with Crippen LogP contribution in [-0.2, 0) is 16.1 Å². The molecular weight excluding hydrogens is 324 g/mol. The third kappa shape index (κ3) is 6.66. The number of aryl methyl sites for hydroxylation is 1. The Morgan fingerprint density at radius 2 is 1.58 bits per heavy atom. The SMILES string of the molecule is CCCCCCC1=NOC(=O)/C1=C/Nc1ccc(CCCCCC)cc1. The minimum Gasteiger partial charge on any atom is -0.361 e. The van der Waals surface area contributed by atoms with Crippen LogP contribution in [0.1, 0.15) is 77.2 Å². The largest absolute Gasteiger partial charge is 0.369 e. The lowest BCUT2D eigenvalue weighted by Crippen LogP contribution is -2.08. The van der Waals surface area contributed by atoms with E-state index < -0.39 is 0 Å². The number of anilines is 1. The summed E-state index contributed by atoms with van der Waals surface area (Å²) in [7, 11) is 0. The average Bonchev–Trinajstić information content (AvgIpc) is 3.01. The first-order chi connectivity index (χ1) is 12.7. The van der Waals surface area contributed by atoms with E-state index in [-0.39, 0.29) is 5.97 Å². The van der Waals surface area contributed by atoms with Gasteiger partial charge in [0, 0.05) is 11.9 Å². The van der Waals surface area contributed by atoms with Crippen molar-refractivity contribution in [3.8, 4) is 0 Å². The molecule has 0 radical (unpaired) electrons. The molecule has 0 unspecified atom stereocenters. The molecule has 0 aromatic heterocycles. The Morgan fingerprint density at radius 3 is 2.23 bits per heavy atom. The molecule has 0 spiro atoms. The summed E-state index contributed by atoms with van der Waals surface area (Å²) in [6, 6.07) is 8.42. The Kier molecular flexibility index (Phi) is 8.94. The zero-order valence-corrected chi connectivity index (χ0v) is 16.2. The molecule has 4 heteroatoms. The monoisotopic (exact) mass is 356 g/mol. The van der Waals surface area contributed by atoms with Gasteiger partial charge in [0.1, 0.15) is 5.57 Å². The summed E-state index contributed by atoms with van der Waals surface area (Å²) in [5.74, 6) is -0.365. The van der Waals surface area contributed by atoms with Gasteiger partial charge in [-0.1, -0.05) is 69.7 Å². The highest BCUT2D eigenvalue weighted by atomic mass is 16.7. The molecule has 4 nitrogen and oxygen atoms in total. The molecule has 0 bridgehead atoms. The molecule has 1 heterocycles. The van der Waals surface area contributed by atoms with Gasteiger partial charge in [-0.15, -0.1) is 0 Å². The molecule has 0 saturated carbocycles. The minimum absolute atomic E-state index is 0.365. The number of oxime groups is 1. The molecule has 0 fully saturated rings. The van der Waals surface area contributed by atoms with E-state index in [9.17, 15) is 4.79 Å². The van der Waals surface area contributed by atoms with Gasteiger partial charge in [-0.25, -0.2) is 4.79 Å². The van der Waals surface area contributed by atoms with Crippen LogP contribution in [0.4, 0.5) is 5.69 Å². The Morgan fingerprint density at radius 1 is 0.923 bits per heavy atom. The maximum absolute atomic E-state index is 11.9. The first-order valence-electron chi connectivity index (χ1n) is 10.1. The van der Waals surface area contributed by atoms with Crippen LogP contribution in [0, 0.1) is 0 Å². The second kappa shape index (κ2) is 11.5. The average molecular weight is 357 g/mol. The van der Waals surface area contributed by atoms with Gasteiger partial charge in [-0.2, -0.15) is 0 Å². The highest BCUT2D eigenvalue weighted by molar-refractivity contribution is 6.22. The van der Waals surface area contributed by atoms with Crippen LogP contribution in [0.25, 0.3) is 0 Å². The number of unbranched alkanes of at least 4 members (excludes halogenated alkanes) is 6. The van der Waals surface area contributed by atoms with E-state index in [1.165, 1.54) is 44.1 Å². The van der Waals surface area contributed by atoms with E-state index in [1.807, 2.05) is 0 Å². The predicted molar refractivity (Wildman–Crippen MR) is 108 cm³/mol. The normalized spacial score (nSPS) is 15.2. The van der Waals surface area contributed by atoms with Crippen molar-refractivity contribution in [2.45, 2.75) is 78.1 Å². The fraction of sp³-hybridized carbons (Fsp3) is 0.545. The molecular formula is C22H32N2O2. The fourth-order valence-electron chi connectivity index (χ4n) is 3.03. The second-order valence-electron chi connectivity index (χ2n) is 6.94. The van der Waals surface area contributed by atoms with Gasteiger partial charge in [-0.3, -0.25) is 0 Å². The number of rotatable bonds is 12. The molecule has 0 saturated heterocycles. The summed E-state index contributed by atoms with van der Waals surface area (Å²) in [5.41, 5.74) is 3.63. The van der Waals surface area contributed by atoms with Crippen molar-refractivity contribution in [1.82, 2.24) is 0 Å². The summed E-state index contributed by atoms with van der Waals surface area (Å²) in [5, 5.41) is 7.14. The topological polar surface area (TPSA) is 50.7 Å². The molecule has 26 heavy (non-hydrogen) atoms. The van der Waals surface area contributed by atoms with Crippen LogP contribution in [0.5, 0.6) is 0 Å². The molecule has 1 N–H and O–H groups in total. The van der Waals surface area contributed by atoms with Gasteiger partial charge < -0.3 is 10.2 Å². The Hall–Kier alpha value is -2.10. The first-order valence-corrected chi connectivity index (χ1v) is 10.1. The summed E-state index contributed by atoms with van der Waals surface area (Å²) in [6.45, 7) is 4.42. The van der Waals surface area contributed by atoms with E-state index in [0.29, 0.717) is 5.57 Å². The summed E-state index contributed by atoms with van der Waals surface area (Å²) < 4.78 is 0. The van der Waals surface area contributed by atoms with Crippen molar-refractivity contribution in [1.29, 1.82) is 0 Å². The number of hydrogen-bond donors (Lipinski definition) is 1. The standard InChI is InChI=1S/C22H32N2O2/c1-3-5-7-9-11-18-13-15-19(16-14-18)23-17-20-21(24-26-22(20)25)12-10-8-6-4-2/h13-17,23H,3-12H2,1-2H3/b20-17+. The third-order valence-corrected chi connectivity index (χ3v) is 4.69. The summed E-state index contributed by atoms with van der Waals surface area (Å²) in [4.78, 5) is 16.7. The lowest BCUT2D eigenvalue weighted by Gasteiger charge is -2.05. The van der Waals surface area contributed by atoms with Gasteiger partial charge in [-0.05, 0) is 43.4 Å². The maximum atomic E-state index is 11.9. The van der Waals surface area contributed by atoms with Gasteiger partial charge >= 0.3 is 5.97 Å². The molecule has 1 aliphatic heterocycles. The summed E-state index contributed by atoms with van der Waals surface area (Å²) >= 11 is 0. The van der Waals surface area contributed by atoms with E-state index >= 15 is 0 Å². The van der Waals surface area contributed by atoms with Crippen molar-refractivity contribution in [2.24, 2.45) is 5.16 Å². The van der Waals surface area contributed by atoms with Crippen molar-refractivity contribution in [3.05, 3.63) is 41.6 Å². The van der Waals surface area contributed by atoms with Crippen molar-refractivity contribution >= 4 is 17.4 Å². The maximum Gasteiger partial charge on any atom is 0.369 e. The molecule has 0 amide bonds. The predicted octanol–water partition coefficient (Wildman–Crippen LogP) is 5.99. The Balaban J connectivity index is 1.84. The number of carbonyl (C=O) groups is 1. The molecule has 0 atom stereocenters. The smallest absolute Gasteiger partial charge is 0.361 e. The van der Waals surface area contributed by atoms with Crippen molar-refractivity contribution in [3.63, 3.8) is 0 Å². The molecule has 1 aliphatic rings. The lowest BCUT2D eigenvalue weighted by molar-refractivity contribution is -0.136. The number of carbonyl (C=O) groups excluding carboxylic acids is 1.